The minimum atomic E-state index is -0.898. The number of rotatable bonds is 6. The second kappa shape index (κ2) is 9.28. The van der Waals surface area contributed by atoms with Crippen LogP contribution >= 0.6 is 0 Å². The van der Waals surface area contributed by atoms with Gasteiger partial charge in [-0.25, -0.2) is 9.78 Å². The zero-order valence-corrected chi connectivity index (χ0v) is 20.6. The number of hydrogen-bond acceptors (Lipinski definition) is 9. The molecule has 0 aromatic heterocycles. The van der Waals surface area contributed by atoms with E-state index in [1.165, 1.54) is 5.56 Å². The molecule has 6 aliphatic heterocycles. The lowest BCUT2D eigenvalue weighted by Crippen LogP contribution is -2.74. The van der Waals surface area contributed by atoms with Gasteiger partial charge in [-0.2, -0.15) is 0 Å². The first-order chi connectivity index (χ1) is 17.0. The van der Waals surface area contributed by atoms with E-state index in [1.807, 2.05) is 13.8 Å². The number of ether oxygens (including phenoxy) is 4. The predicted octanol–water partition coefficient (Wildman–Crippen LogP) is 2.33. The van der Waals surface area contributed by atoms with Crippen molar-refractivity contribution >= 4 is 5.97 Å². The first-order valence-electron chi connectivity index (χ1n) is 13.0. The second-order valence-corrected chi connectivity index (χ2v) is 10.7. The number of esters is 1. The van der Waals surface area contributed by atoms with Gasteiger partial charge in [0.2, 0.25) is 12.1 Å². The van der Waals surface area contributed by atoms with Crippen molar-refractivity contribution in [3.8, 4) is 5.75 Å². The Balaban J connectivity index is 1.14. The molecule has 1 spiro atoms. The van der Waals surface area contributed by atoms with Crippen molar-refractivity contribution in [2.45, 2.75) is 63.4 Å². The van der Waals surface area contributed by atoms with Crippen LogP contribution in [0.25, 0.3) is 0 Å². The number of likely N-dealkylation sites (tertiary alicyclic amines) is 1. The predicted molar refractivity (Wildman–Crippen MR) is 124 cm³/mol. The van der Waals surface area contributed by atoms with Crippen molar-refractivity contribution in [1.82, 2.24) is 9.80 Å². The van der Waals surface area contributed by atoms with Crippen molar-refractivity contribution in [2.75, 3.05) is 46.0 Å². The molecule has 0 amide bonds. The van der Waals surface area contributed by atoms with Gasteiger partial charge in [0.05, 0.1) is 19.1 Å². The van der Waals surface area contributed by atoms with Gasteiger partial charge < -0.3 is 18.9 Å². The number of carbonyl (C=O) groups is 1. The van der Waals surface area contributed by atoms with E-state index in [4.69, 9.17) is 28.7 Å². The number of benzene rings is 1. The third-order valence-electron chi connectivity index (χ3n) is 8.51. The minimum absolute atomic E-state index is 0.0000996. The fourth-order valence-electron chi connectivity index (χ4n) is 6.48. The lowest BCUT2D eigenvalue weighted by atomic mass is 9.67. The van der Waals surface area contributed by atoms with Gasteiger partial charge in [-0.15, -0.1) is 0 Å². The van der Waals surface area contributed by atoms with E-state index in [0.29, 0.717) is 13.0 Å². The molecule has 6 saturated heterocycles. The average molecular weight is 489 g/mol. The van der Waals surface area contributed by atoms with Crippen LogP contribution in [0.4, 0.5) is 0 Å². The van der Waals surface area contributed by atoms with Gasteiger partial charge in [-0.3, -0.25) is 14.6 Å². The molecule has 6 aliphatic rings. The molecular formula is C26H36N2O7. The van der Waals surface area contributed by atoms with Crippen molar-refractivity contribution in [3.63, 3.8) is 0 Å². The molecule has 6 atom stereocenters. The molecule has 1 aromatic rings. The highest BCUT2D eigenvalue weighted by molar-refractivity contribution is 5.74. The molecule has 1 aromatic carbocycles. The summed E-state index contributed by atoms with van der Waals surface area (Å²) in [5, 5.41) is 0. The highest BCUT2D eigenvalue weighted by Crippen LogP contribution is 2.55. The van der Waals surface area contributed by atoms with E-state index in [0.717, 1.165) is 64.5 Å². The zero-order chi connectivity index (χ0) is 24.0. The fraction of sp³-hybridized carbons (Fsp3) is 0.731. The zero-order valence-electron chi connectivity index (χ0n) is 20.6. The number of morpholine rings is 1. The molecule has 2 bridgehead atoms. The molecule has 9 nitrogen and oxygen atoms in total. The van der Waals surface area contributed by atoms with Crippen LogP contribution < -0.4 is 4.74 Å². The van der Waals surface area contributed by atoms with Crippen molar-refractivity contribution in [3.05, 3.63) is 29.8 Å². The van der Waals surface area contributed by atoms with E-state index < -0.39 is 17.7 Å². The summed E-state index contributed by atoms with van der Waals surface area (Å²) in [6.07, 6.45) is 1.62. The van der Waals surface area contributed by atoms with Gasteiger partial charge in [-0.1, -0.05) is 19.1 Å². The Labute approximate surface area is 206 Å². The molecule has 7 rings (SSSR count). The molecular weight excluding hydrogens is 452 g/mol. The Morgan fingerprint density at radius 3 is 2.69 bits per heavy atom. The molecule has 192 valence electrons. The van der Waals surface area contributed by atoms with E-state index in [9.17, 15) is 4.79 Å². The second-order valence-electron chi connectivity index (χ2n) is 10.7. The van der Waals surface area contributed by atoms with Crippen molar-refractivity contribution < 1.29 is 33.5 Å². The summed E-state index contributed by atoms with van der Waals surface area (Å²) < 4.78 is 23.4. The lowest BCUT2D eigenvalue weighted by Gasteiger charge is -2.58. The van der Waals surface area contributed by atoms with Crippen molar-refractivity contribution in [1.29, 1.82) is 0 Å². The Hall–Kier alpha value is -1.75. The quantitative estimate of drug-likeness (QED) is 0.443. The van der Waals surface area contributed by atoms with Gasteiger partial charge in [-0.05, 0) is 44.0 Å². The van der Waals surface area contributed by atoms with Crippen LogP contribution in [0.1, 0.15) is 38.7 Å². The summed E-state index contributed by atoms with van der Waals surface area (Å²) in [6, 6.07) is 8.41. The van der Waals surface area contributed by atoms with Crippen LogP contribution in [0.3, 0.4) is 0 Å². The largest absolute Gasteiger partial charge is 0.492 e. The van der Waals surface area contributed by atoms with Crippen LogP contribution in [-0.2, 0) is 35.3 Å². The summed E-state index contributed by atoms with van der Waals surface area (Å²) in [7, 11) is 0. The van der Waals surface area contributed by atoms with Crippen LogP contribution in [0.5, 0.6) is 5.75 Å². The molecule has 35 heavy (non-hydrogen) atoms. The number of hydrogen-bond donors (Lipinski definition) is 0. The highest BCUT2D eigenvalue weighted by atomic mass is 17.3. The van der Waals surface area contributed by atoms with E-state index >= 15 is 0 Å². The van der Waals surface area contributed by atoms with E-state index in [2.05, 4.69) is 34.1 Å². The number of carbonyl (C=O) groups excluding carboxylic acids is 1. The van der Waals surface area contributed by atoms with E-state index in [-0.39, 0.29) is 23.8 Å². The summed E-state index contributed by atoms with van der Waals surface area (Å²) in [4.78, 5) is 29.4. The number of piperidine rings is 1. The van der Waals surface area contributed by atoms with Gasteiger partial charge >= 0.3 is 5.97 Å². The smallest absolute Gasteiger partial charge is 0.311 e. The summed E-state index contributed by atoms with van der Waals surface area (Å²) >= 11 is 0. The minimum Gasteiger partial charge on any atom is -0.492 e. The standard InChI is InChI=1S/C26H36N2O7/c1-18-21-8-10-28(22-7-9-25(2)33-24(32-23(18)29)26(21,22)35-34-25)17-19-3-5-20(6-4-19)31-16-13-27-11-14-30-15-12-27/h3-6,18,21-22,24H,7-17H2,1-2H3/t18-,21+,22-,24-,25-,26+/m1/s1. The summed E-state index contributed by atoms with van der Waals surface area (Å²) in [5.41, 5.74) is 0.411. The maximum absolute atomic E-state index is 12.6. The van der Waals surface area contributed by atoms with Crippen LogP contribution in [-0.4, -0.2) is 85.5 Å². The topological polar surface area (TPSA) is 78.9 Å². The maximum atomic E-state index is 12.6. The normalized spacial score (nSPS) is 39.5. The fourth-order valence-corrected chi connectivity index (χ4v) is 6.48. The summed E-state index contributed by atoms with van der Waals surface area (Å²) in [5.74, 6) is -0.468. The van der Waals surface area contributed by atoms with E-state index in [1.54, 1.807) is 0 Å². The van der Waals surface area contributed by atoms with Gasteiger partial charge in [0.15, 0.2) is 5.60 Å². The summed E-state index contributed by atoms with van der Waals surface area (Å²) in [6.45, 7) is 10.6. The number of fused-ring (bicyclic) bond motifs is 2. The Bertz CT molecular complexity index is 923. The van der Waals surface area contributed by atoms with Gasteiger partial charge in [0.1, 0.15) is 12.4 Å². The molecule has 0 unspecified atom stereocenters. The Kier molecular flexibility index (Phi) is 6.27. The Morgan fingerprint density at radius 1 is 1.09 bits per heavy atom. The third kappa shape index (κ3) is 4.26. The van der Waals surface area contributed by atoms with Crippen LogP contribution in [0.15, 0.2) is 24.3 Å². The monoisotopic (exact) mass is 488 g/mol. The van der Waals surface area contributed by atoms with Crippen molar-refractivity contribution in [2.24, 2.45) is 11.8 Å². The lowest BCUT2D eigenvalue weighted by molar-refractivity contribution is -0.557. The first kappa shape index (κ1) is 23.6. The molecule has 0 N–H and O–H groups in total. The van der Waals surface area contributed by atoms with Crippen LogP contribution in [0.2, 0.25) is 0 Å². The van der Waals surface area contributed by atoms with Gasteiger partial charge in [0, 0.05) is 44.6 Å². The van der Waals surface area contributed by atoms with Gasteiger partial charge in [0.25, 0.3) is 0 Å². The van der Waals surface area contributed by atoms with Crippen LogP contribution in [0, 0.1) is 11.8 Å². The highest BCUT2D eigenvalue weighted by Gasteiger charge is 2.70. The molecule has 0 radical (unpaired) electrons. The number of nitrogens with zero attached hydrogens (tertiary/aromatic N) is 2. The molecule has 0 aliphatic carbocycles. The Morgan fingerprint density at radius 2 is 1.89 bits per heavy atom. The average Bonchev–Trinajstić information content (AvgIpc) is 3.10. The maximum Gasteiger partial charge on any atom is 0.311 e. The SMILES string of the molecule is C[C@H]1C(=O)O[C@@H]2O[C@@]3(C)CC[C@H]4N(Cc5ccc(OCCN6CCOCC6)cc5)CC[C@@H]1[C@@]24OO3. The third-order valence-corrected chi connectivity index (χ3v) is 8.51. The first-order valence-corrected chi connectivity index (χ1v) is 13.0. The molecule has 6 heterocycles. The molecule has 0 saturated carbocycles. The molecule has 9 heteroatoms. The molecule has 6 fully saturated rings.